The second-order valence-corrected chi connectivity index (χ2v) is 5.56. The molecule has 1 saturated heterocycles. The first-order chi connectivity index (χ1) is 8.88. The molecule has 0 radical (unpaired) electrons. The molecule has 2 N–H and O–H groups in total. The third-order valence-corrected chi connectivity index (χ3v) is 4.05. The van der Waals surface area contributed by atoms with Gasteiger partial charge in [0.25, 0.3) is 0 Å². The molecule has 0 amide bonds. The van der Waals surface area contributed by atoms with Gasteiger partial charge in [-0.25, -0.2) is 0 Å². The van der Waals surface area contributed by atoms with Crippen LogP contribution in [0.3, 0.4) is 0 Å². The highest BCUT2D eigenvalue weighted by Gasteiger charge is 2.14. The van der Waals surface area contributed by atoms with Gasteiger partial charge in [0.1, 0.15) is 5.75 Å². The highest BCUT2D eigenvalue weighted by molar-refractivity contribution is 7.99. The van der Waals surface area contributed by atoms with Crippen molar-refractivity contribution in [1.82, 2.24) is 0 Å². The van der Waals surface area contributed by atoms with Crippen molar-refractivity contribution >= 4 is 11.8 Å². The number of hydrogen-bond acceptors (Lipinski definition) is 4. The third-order valence-electron chi connectivity index (χ3n) is 2.98. The molecule has 1 heterocycles. The summed E-state index contributed by atoms with van der Waals surface area (Å²) in [7, 11) is 0. The Balaban J connectivity index is 1.56. The molecule has 18 heavy (non-hydrogen) atoms. The minimum atomic E-state index is 0.471. The smallest absolute Gasteiger partial charge is 0.119 e. The first kappa shape index (κ1) is 13.7. The largest absolute Gasteiger partial charge is 0.493 e. The Labute approximate surface area is 113 Å². The Hall–Kier alpha value is -0.710. The molecule has 1 aromatic rings. The van der Waals surface area contributed by atoms with E-state index < -0.39 is 0 Å². The van der Waals surface area contributed by atoms with Gasteiger partial charge >= 0.3 is 0 Å². The zero-order valence-corrected chi connectivity index (χ0v) is 11.5. The molecule has 1 aliphatic rings. The number of hydrogen-bond donors (Lipinski definition) is 1. The Morgan fingerprint density at radius 1 is 1.33 bits per heavy atom. The molecule has 1 fully saturated rings. The molecule has 0 bridgehead atoms. The summed E-state index contributed by atoms with van der Waals surface area (Å²) in [4.78, 5) is 0. The minimum absolute atomic E-state index is 0.471. The van der Waals surface area contributed by atoms with E-state index in [0.717, 1.165) is 36.0 Å². The van der Waals surface area contributed by atoms with E-state index in [0.29, 0.717) is 12.6 Å². The standard InChI is InChI=1S/C14H21NO2S/c15-10-12-3-5-13(6-4-12)17-8-9-18-11-14-2-1-7-16-14/h3-6,14H,1-2,7-11,15H2. The van der Waals surface area contributed by atoms with Gasteiger partial charge in [-0.2, -0.15) is 11.8 Å². The second-order valence-electron chi connectivity index (χ2n) is 4.41. The lowest BCUT2D eigenvalue weighted by molar-refractivity contribution is 0.129. The van der Waals surface area contributed by atoms with Gasteiger partial charge in [-0.15, -0.1) is 0 Å². The van der Waals surface area contributed by atoms with Crippen LogP contribution in [0, 0.1) is 0 Å². The summed E-state index contributed by atoms with van der Waals surface area (Å²) in [5.41, 5.74) is 6.68. The van der Waals surface area contributed by atoms with Crippen LogP contribution in [-0.2, 0) is 11.3 Å². The number of ether oxygens (including phenoxy) is 2. The maximum Gasteiger partial charge on any atom is 0.119 e. The topological polar surface area (TPSA) is 44.5 Å². The summed E-state index contributed by atoms with van der Waals surface area (Å²) >= 11 is 1.91. The fourth-order valence-corrected chi connectivity index (χ4v) is 2.82. The van der Waals surface area contributed by atoms with Crippen LogP contribution in [0.25, 0.3) is 0 Å². The fraction of sp³-hybridized carbons (Fsp3) is 0.571. The predicted octanol–water partition coefficient (Wildman–Crippen LogP) is 2.44. The van der Waals surface area contributed by atoms with E-state index in [1.54, 1.807) is 0 Å². The van der Waals surface area contributed by atoms with Crippen LogP contribution in [-0.4, -0.2) is 30.8 Å². The predicted molar refractivity (Wildman–Crippen MR) is 76.1 cm³/mol. The molecule has 2 rings (SSSR count). The number of rotatable bonds is 7. The van der Waals surface area contributed by atoms with E-state index in [4.69, 9.17) is 15.2 Å². The van der Waals surface area contributed by atoms with E-state index in [2.05, 4.69) is 0 Å². The van der Waals surface area contributed by atoms with Crippen molar-refractivity contribution in [3.05, 3.63) is 29.8 Å². The SMILES string of the molecule is NCc1ccc(OCCSCC2CCCO2)cc1. The van der Waals surface area contributed by atoms with Crippen molar-refractivity contribution in [3.8, 4) is 5.75 Å². The van der Waals surface area contributed by atoms with Crippen LogP contribution in [0.1, 0.15) is 18.4 Å². The lowest BCUT2D eigenvalue weighted by atomic mass is 10.2. The van der Waals surface area contributed by atoms with Crippen molar-refractivity contribution in [2.75, 3.05) is 24.7 Å². The summed E-state index contributed by atoms with van der Waals surface area (Å²) in [6.45, 7) is 2.27. The summed E-state index contributed by atoms with van der Waals surface area (Å²) < 4.78 is 11.2. The molecular formula is C14H21NO2S. The number of nitrogens with two attached hydrogens (primary N) is 1. The van der Waals surface area contributed by atoms with E-state index >= 15 is 0 Å². The summed E-state index contributed by atoms with van der Waals surface area (Å²) in [6, 6.07) is 7.98. The molecule has 0 spiro atoms. The van der Waals surface area contributed by atoms with Crippen molar-refractivity contribution in [2.24, 2.45) is 5.73 Å². The van der Waals surface area contributed by atoms with Crippen molar-refractivity contribution in [1.29, 1.82) is 0 Å². The first-order valence-electron chi connectivity index (χ1n) is 6.49. The van der Waals surface area contributed by atoms with Gasteiger partial charge in [0.2, 0.25) is 0 Å². The van der Waals surface area contributed by atoms with Gasteiger partial charge in [0, 0.05) is 24.7 Å². The Morgan fingerprint density at radius 2 is 2.17 bits per heavy atom. The molecule has 4 heteroatoms. The van der Waals surface area contributed by atoms with Crippen LogP contribution in [0.4, 0.5) is 0 Å². The van der Waals surface area contributed by atoms with Crippen LogP contribution < -0.4 is 10.5 Å². The van der Waals surface area contributed by atoms with E-state index in [9.17, 15) is 0 Å². The second kappa shape index (κ2) is 7.67. The molecule has 1 aliphatic heterocycles. The van der Waals surface area contributed by atoms with Crippen LogP contribution in [0.2, 0.25) is 0 Å². The first-order valence-corrected chi connectivity index (χ1v) is 7.65. The van der Waals surface area contributed by atoms with Gasteiger partial charge < -0.3 is 15.2 Å². The normalized spacial score (nSPS) is 19.1. The number of thioether (sulfide) groups is 1. The Kier molecular flexibility index (Phi) is 5.84. The van der Waals surface area contributed by atoms with Crippen LogP contribution in [0.5, 0.6) is 5.75 Å². The van der Waals surface area contributed by atoms with Gasteiger partial charge in [-0.05, 0) is 30.5 Å². The van der Waals surface area contributed by atoms with Crippen molar-refractivity contribution in [3.63, 3.8) is 0 Å². The Bertz CT molecular complexity index is 336. The molecule has 100 valence electrons. The van der Waals surface area contributed by atoms with Gasteiger partial charge in [-0.1, -0.05) is 12.1 Å². The molecule has 1 unspecified atom stereocenters. The van der Waals surface area contributed by atoms with Crippen molar-refractivity contribution < 1.29 is 9.47 Å². The highest BCUT2D eigenvalue weighted by Crippen LogP contribution is 2.17. The van der Waals surface area contributed by atoms with Crippen molar-refractivity contribution in [2.45, 2.75) is 25.5 Å². The van der Waals surface area contributed by atoms with E-state index in [1.165, 1.54) is 12.8 Å². The molecule has 3 nitrogen and oxygen atoms in total. The maximum atomic E-state index is 5.67. The highest BCUT2D eigenvalue weighted by atomic mass is 32.2. The fourth-order valence-electron chi connectivity index (χ4n) is 1.93. The zero-order valence-electron chi connectivity index (χ0n) is 10.6. The molecule has 1 atom stereocenters. The van der Waals surface area contributed by atoms with Gasteiger partial charge in [0.15, 0.2) is 0 Å². The molecule has 0 aliphatic carbocycles. The summed E-state index contributed by atoms with van der Waals surface area (Å²) in [6.07, 6.45) is 2.91. The average molecular weight is 267 g/mol. The van der Waals surface area contributed by atoms with Gasteiger partial charge in [-0.3, -0.25) is 0 Å². The lowest BCUT2D eigenvalue weighted by Gasteiger charge is -2.09. The van der Waals surface area contributed by atoms with Gasteiger partial charge in [0.05, 0.1) is 12.7 Å². The number of benzene rings is 1. The molecule has 0 aromatic heterocycles. The van der Waals surface area contributed by atoms with E-state index in [-0.39, 0.29) is 0 Å². The lowest BCUT2D eigenvalue weighted by Crippen LogP contribution is -2.10. The molecular weight excluding hydrogens is 246 g/mol. The van der Waals surface area contributed by atoms with Crippen LogP contribution >= 0.6 is 11.8 Å². The molecule has 1 aromatic carbocycles. The quantitative estimate of drug-likeness (QED) is 0.771. The monoisotopic (exact) mass is 267 g/mol. The Morgan fingerprint density at radius 3 is 2.83 bits per heavy atom. The summed E-state index contributed by atoms with van der Waals surface area (Å²) in [5, 5.41) is 0. The van der Waals surface area contributed by atoms with E-state index in [1.807, 2.05) is 36.0 Å². The molecule has 0 saturated carbocycles. The average Bonchev–Trinajstić information content (AvgIpc) is 2.92. The van der Waals surface area contributed by atoms with Crippen LogP contribution in [0.15, 0.2) is 24.3 Å². The minimum Gasteiger partial charge on any atom is -0.493 e. The summed E-state index contributed by atoms with van der Waals surface area (Å²) in [5.74, 6) is 3.03. The zero-order chi connectivity index (χ0) is 12.6. The maximum absolute atomic E-state index is 5.67. The third kappa shape index (κ3) is 4.52.